The Morgan fingerprint density at radius 2 is 2.06 bits per heavy atom. The molecule has 1 aliphatic heterocycles. The van der Waals surface area contributed by atoms with Gasteiger partial charge in [-0.2, -0.15) is 13.2 Å². The summed E-state index contributed by atoms with van der Waals surface area (Å²) in [4.78, 5) is 0. The van der Waals surface area contributed by atoms with Gasteiger partial charge in [0.05, 0.1) is 10.0 Å². The first-order valence-electron chi connectivity index (χ1n) is 5.23. The van der Waals surface area contributed by atoms with Crippen LogP contribution in [-0.2, 0) is 6.18 Å². The van der Waals surface area contributed by atoms with Crippen LogP contribution in [-0.4, -0.2) is 11.7 Å². The molecule has 0 saturated carbocycles. The summed E-state index contributed by atoms with van der Waals surface area (Å²) in [7, 11) is 0. The number of phenols is 1. The second-order valence-corrected chi connectivity index (χ2v) is 4.86. The fourth-order valence-electron chi connectivity index (χ4n) is 2.11. The molecule has 2 nitrogen and oxygen atoms in total. The molecule has 0 amide bonds. The summed E-state index contributed by atoms with van der Waals surface area (Å²) < 4.78 is 38.9. The summed E-state index contributed by atoms with van der Waals surface area (Å²) in [6.07, 6.45) is -3.03. The van der Waals surface area contributed by atoms with Crippen LogP contribution in [0.2, 0.25) is 0 Å². The van der Waals surface area contributed by atoms with Crippen LogP contribution in [0.25, 0.3) is 0 Å². The topological polar surface area (TPSA) is 32.3 Å². The van der Waals surface area contributed by atoms with Crippen LogP contribution in [0.4, 0.5) is 13.2 Å². The van der Waals surface area contributed by atoms with Crippen molar-refractivity contribution < 1.29 is 18.3 Å². The molecule has 2 N–H and O–H groups in total. The van der Waals surface area contributed by atoms with Gasteiger partial charge >= 0.3 is 6.18 Å². The average Bonchev–Trinajstić information content (AvgIpc) is 2.73. The van der Waals surface area contributed by atoms with Gasteiger partial charge in [-0.1, -0.05) is 0 Å². The molecule has 1 atom stereocenters. The van der Waals surface area contributed by atoms with Crippen LogP contribution in [0.1, 0.15) is 30.0 Å². The molecule has 1 saturated heterocycles. The van der Waals surface area contributed by atoms with Gasteiger partial charge < -0.3 is 10.4 Å². The molecule has 0 bridgehead atoms. The molecular formula is C11H11BrF3NO. The quantitative estimate of drug-likeness (QED) is 0.831. The molecular weight excluding hydrogens is 299 g/mol. The predicted molar refractivity (Wildman–Crippen MR) is 60.8 cm³/mol. The van der Waals surface area contributed by atoms with E-state index in [9.17, 15) is 18.3 Å². The molecule has 17 heavy (non-hydrogen) atoms. The zero-order valence-electron chi connectivity index (χ0n) is 8.81. The minimum Gasteiger partial charge on any atom is -0.506 e. The third-order valence-electron chi connectivity index (χ3n) is 2.88. The maximum Gasteiger partial charge on any atom is 0.416 e. The number of hydrogen-bond donors (Lipinski definition) is 2. The minimum atomic E-state index is -4.45. The van der Waals surface area contributed by atoms with Crippen molar-refractivity contribution in [1.29, 1.82) is 0 Å². The highest BCUT2D eigenvalue weighted by Crippen LogP contribution is 2.43. The van der Waals surface area contributed by atoms with E-state index in [1.807, 2.05) is 0 Å². The standard InChI is InChI=1S/C11H11BrF3NO/c12-7-4-3-6(11(13,14)15)9(10(7)17)8-2-1-5-16-8/h3-4,8,16-17H,1-2,5H2/t8-/m0/s1. The number of nitrogens with one attached hydrogen (secondary N) is 1. The Morgan fingerprint density at radius 3 is 2.59 bits per heavy atom. The van der Waals surface area contributed by atoms with Crippen molar-refractivity contribution in [3.8, 4) is 5.75 Å². The molecule has 94 valence electrons. The third-order valence-corrected chi connectivity index (χ3v) is 3.52. The van der Waals surface area contributed by atoms with Gasteiger partial charge in [0, 0.05) is 11.6 Å². The zero-order chi connectivity index (χ0) is 12.6. The van der Waals surface area contributed by atoms with Crippen molar-refractivity contribution in [1.82, 2.24) is 5.32 Å². The number of aromatic hydroxyl groups is 1. The van der Waals surface area contributed by atoms with E-state index in [-0.39, 0.29) is 15.8 Å². The monoisotopic (exact) mass is 309 g/mol. The Labute approximate surface area is 105 Å². The van der Waals surface area contributed by atoms with E-state index in [2.05, 4.69) is 21.2 Å². The molecule has 0 unspecified atom stereocenters. The SMILES string of the molecule is Oc1c(Br)ccc(C(F)(F)F)c1[C@@H]1CCCN1. The third kappa shape index (κ3) is 2.42. The lowest BCUT2D eigenvalue weighted by atomic mass is 9.97. The molecule has 6 heteroatoms. The Hall–Kier alpha value is -0.750. The number of phenolic OH excluding ortho intramolecular Hbond substituents is 1. The van der Waals surface area contributed by atoms with Gasteiger partial charge in [0.2, 0.25) is 0 Å². The van der Waals surface area contributed by atoms with E-state index in [4.69, 9.17) is 0 Å². The number of alkyl halides is 3. The molecule has 1 heterocycles. The lowest BCUT2D eigenvalue weighted by molar-refractivity contribution is -0.138. The fourth-order valence-corrected chi connectivity index (χ4v) is 2.46. The van der Waals surface area contributed by atoms with E-state index in [0.717, 1.165) is 12.5 Å². The van der Waals surface area contributed by atoms with Crippen molar-refractivity contribution in [2.75, 3.05) is 6.54 Å². The van der Waals surface area contributed by atoms with Gasteiger partial charge in [0.25, 0.3) is 0 Å². The molecule has 1 fully saturated rings. The Bertz CT molecular complexity index is 427. The van der Waals surface area contributed by atoms with Crippen LogP contribution in [0.3, 0.4) is 0 Å². The van der Waals surface area contributed by atoms with Gasteiger partial charge in [0.15, 0.2) is 0 Å². The summed E-state index contributed by atoms with van der Waals surface area (Å²) in [5.74, 6) is -0.320. The van der Waals surface area contributed by atoms with Gasteiger partial charge in [0.1, 0.15) is 5.75 Å². The number of hydrogen-bond acceptors (Lipinski definition) is 2. The Morgan fingerprint density at radius 1 is 1.35 bits per heavy atom. The van der Waals surface area contributed by atoms with E-state index >= 15 is 0 Å². The maximum atomic E-state index is 12.9. The van der Waals surface area contributed by atoms with Gasteiger partial charge in [-0.3, -0.25) is 0 Å². The van der Waals surface area contributed by atoms with Crippen LogP contribution >= 0.6 is 15.9 Å². The normalized spacial score (nSPS) is 20.8. The molecule has 2 rings (SSSR count). The van der Waals surface area contributed by atoms with E-state index in [1.54, 1.807) is 0 Å². The van der Waals surface area contributed by atoms with Gasteiger partial charge in [-0.15, -0.1) is 0 Å². The molecule has 0 radical (unpaired) electrons. The summed E-state index contributed by atoms with van der Waals surface area (Å²) in [5, 5.41) is 12.8. The van der Waals surface area contributed by atoms with Crippen molar-refractivity contribution in [3.63, 3.8) is 0 Å². The number of rotatable bonds is 1. The molecule has 1 aliphatic rings. The lowest BCUT2D eigenvalue weighted by Crippen LogP contribution is -2.18. The number of halogens is 4. The Kier molecular flexibility index (Phi) is 3.36. The van der Waals surface area contributed by atoms with Crippen LogP contribution < -0.4 is 5.32 Å². The molecule has 1 aromatic rings. The van der Waals surface area contributed by atoms with Gasteiger partial charge in [-0.05, 0) is 47.4 Å². The molecule has 0 aromatic heterocycles. The first kappa shape index (κ1) is 12.7. The summed E-state index contributed by atoms with van der Waals surface area (Å²) in [6.45, 7) is 0.675. The largest absolute Gasteiger partial charge is 0.506 e. The van der Waals surface area contributed by atoms with Crippen LogP contribution in [0.15, 0.2) is 16.6 Å². The van der Waals surface area contributed by atoms with E-state index in [0.29, 0.717) is 13.0 Å². The van der Waals surface area contributed by atoms with Crippen LogP contribution in [0, 0.1) is 0 Å². The van der Waals surface area contributed by atoms with E-state index in [1.165, 1.54) is 6.07 Å². The molecule has 1 aromatic carbocycles. The minimum absolute atomic E-state index is 0.0515. The van der Waals surface area contributed by atoms with Crippen molar-refractivity contribution in [3.05, 3.63) is 27.7 Å². The van der Waals surface area contributed by atoms with Crippen LogP contribution in [0.5, 0.6) is 5.75 Å². The number of benzene rings is 1. The average molecular weight is 310 g/mol. The highest BCUT2D eigenvalue weighted by molar-refractivity contribution is 9.10. The lowest BCUT2D eigenvalue weighted by Gasteiger charge is -2.20. The predicted octanol–water partition coefficient (Wildman–Crippen LogP) is 3.60. The highest BCUT2D eigenvalue weighted by atomic mass is 79.9. The van der Waals surface area contributed by atoms with E-state index < -0.39 is 17.8 Å². The summed E-state index contributed by atoms with van der Waals surface area (Å²) in [6, 6.07) is 1.79. The zero-order valence-corrected chi connectivity index (χ0v) is 10.4. The summed E-state index contributed by atoms with van der Waals surface area (Å²) in [5.41, 5.74) is -0.818. The highest BCUT2D eigenvalue weighted by Gasteiger charge is 2.37. The fraction of sp³-hybridized carbons (Fsp3) is 0.455. The Balaban J connectivity index is 2.55. The second kappa shape index (κ2) is 4.49. The first-order valence-corrected chi connectivity index (χ1v) is 6.02. The maximum absolute atomic E-state index is 12.9. The van der Waals surface area contributed by atoms with Crippen molar-refractivity contribution in [2.45, 2.75) is 25.1 Å². The van der Waals surface area contributed by atoms with Crippen molar-refractivity contribution in [2.24, 2.45) is 0 Å². The van der Waals surface area contributed by atoms with Crippen molar-refractivity contribution >= 4 is 15.9 Å². The molecule has 0 spiro atoms. The first-order chi connectivity index (χ1) is 7.91. The smallest absolute Gasteiger partial charge is 0.416 e. The summed E-state index contributed by atoms with van der Waals surface area (Å²) >= 11 is 3.05. The van der Waals surface area contributed by atoms with Gasteiger partial charge in [-0.25, -0.2) is 0 Å². The second-order valence-electron chi connectivity index (χ2n) is 4.00. The molecule has 0 aliphatic carbocycles.